The first-order chi connectivity index (χ1) is 9.20. The van der Waals surface area contributed by atoms with Crippen molar-refractivity contribution in [3.63, 3.8) is 0 Å². The minimum Gasteiger partial charge on any atom is -0.484 e. The maximum Gasteiger partial charge on any atom is 0.146 e. The topological polar surface area (TPSA) is 34.4 Å². The molecule has 0 fully saturated rings. The Balaban J connectivity index is 2.00. The summed E-state index contributed by atoms with van der Waals surface area (Å²) in [5, 5.41) is 4.33. The number of ether oxygens (including phenoxy) is 1. The van der Waals surface area contributed by atoms with Gasteiger partial charge in [-0.3, -0.25) is 0 Å². The minimum absolute atomic E-state index is 0.342. The fourth-order valence-electron chi connectivity index (χ4n) is 1.65. The highest BCUT2D eigenvalue weighted by Crippen LogP contribution is 2.28. The fourth-order valence-corrected chi connectivity index (χ4v) is 2.11. The molecule has 0 saturated heterocycles. The Morgan fingerprint density at radius 1 is 1.26 bits per heavy atom. The maximum absolute atomic E-state index is 6.04. The zero-order chi connectivity index (χ0) is 13.7. The van der Waals surface area contributed by atoms with E-state index in [0.29, 0.717) is 22.4 Å². The second kappa shape index (κ2) is 6.85. The van der Waals surface area contributed by atoms with Crippen LogP contribution in [0.25, 0.3) is 0 Å². The lowest BCUT2D eigenvalue weighted by atomic mass is 10.2. The molecule has 1 aromatic heterocycles. The smallest absolute Gasteiger partial charge is 0.146 e. The number of furan rings is 1. The van der Waals surface area contributed by atoms with Crippen molar-refractivity contribution in [1.82, 2.24) is 5.32 Å². The molecule has 5 heteroatoms. The zero-order valence-corrected chi connectivity index (χ0v) is 12.1. The zero-order valence-electron chi connectivity index (χ0n) is 10.6. The summed E-state index contributed by atoms with van der Waals surface area (Å²) in [6, 6.07) is 7.08. The lowest BCUT2D eigenvalue weighted by molar-refractivity contribution is 0.268. The van der Waals surface area contributed by atoms with Gasteiger partial charge < -0.3 is 14.5 Å². The number of halogens is 2. The first-order valence-electron chi connectivity index (χ1n) is 6.04. The Morgan fingerprint density at radius 3 is 2.84 bits per heavy atom. The van der Waals surface area contributed by atoms with E-state index in [-0.39, 0.29) is 0 Å². The lowest BCUT2D eigenvalue weighted by Crippen LogP contribution is -2.12. The molecule has 1 heterocycles. The molecule has 0 amide bonds. The predicted molar refractivity (Wildman–Crippen MR) is 76.9 cm³/mol. The molecule has 0 unspecified atom stereocenters. The van der Waals surface area contributed by atoms with Crippen molar-refractivity contribution in [2.45, 2.75) is 20.1 Å². The highest BCUT2D eigenvalue weighted by atomic mass is 35.5. The van der Waals surface area contributed by atoms with E-state index in [4.69, 9.17) is 32.4 Å². The highest BCUT2D eigenvalue weighted by molar-refractivity contribution is 6.35. The molecule has 1 N–H and O–H groups in total. The van der Waals surface area contributed by atoms with Gasteiger partial charge in [0.1, 0.15) is 18.1 Å². The molecule has 0 aliphatic rings. The van der Waals surface area contributed by atoms with Crippen LogP contribution in [-0.4, -0.2) is 6.54 Å². The Kier molecular flexibility index (Phi) is 5.14. The van der Waals surface area contributed by atoms with E-state index in [1.165, 1.54) is 0 Å². The molecule has 19 heavy (non-hydrogen) atoms. The summed E-state index contributed by atoms with van der Waals surface area (Å²) in [5.74, 6) is 1.39. The Hall–Kier alpha value is -1.16. The van der Waals surface area contributed by atoms with Gasteiger partial charge in [-0.2, -0.15) is 0 Å². The van der Waals surface area contributed by atoms with Crippen LogP contribution in [0.3, 0.4) is 0 Å². The monoisotopic (exact) mass is 299 g/mol. The van der Waals surface area contributed by atoms with Gasteiger partial charge in [0, 0.05) is 17.1 Å². The number of benzene rings is 1. The van der Waals surface area contributed by atoms with E-state index in [9.17, 15) is 0 Å². The molecule has 2 aromatic rings. The second-order valence-electron chi connectivity index (χ2n) is 4.01. The maximum atomic E-state index is 6.04. The Labute approximate surface area is 122 Å². The van der Waals surface area contributed by atoms with Gasteiger partial charge >= 0.3 is 0 Å². The third-order valence-corrected chi connectivity index (χ3v) is 3.19. The largest absolute Gasteiger partial charge is 0.484 e. The van der Waals surface area contributed by atoms with Gasteiger partial charge in [-0.15, -0.1) is 0 Å². The minimum atomic E-state index is 0.342. The van der Waals surface area contributed by atoms with E-state index in [1.807, 2.05) is 6.07 Å². The normalized spacial score (nSPS) is 10.7. The van der Waals surface area contributed by atoms with Gasteiger partial charge in [0.2, 0.25) is 0 Å². The fraction of sp³-hybridized carbons (Fsp3) is 0.286. The van der Waals surface area contributed by atoms with Crippen molar-refractivity contribution in [1.29, 1.82) is 0 Å². The molecule has 0 bridgehead atoms. The first kappa shape index (κ1) is 14.3. The van der Waals surface area contributed by atoms with E-state index in [2.05, 4.69) is 12.2 Å². The molecule has 0 aliphatic heterocycles. The summed E-state index contributed by atoms with van der Waals surface area (Å²) in [7, 11) is 0. The van der Waals surface area contributed by atoms with Crippen molar-refractivity contribution in [2.75, 3.05) is 6.54 Å². The van der Waals surface area contributed by atoms with Crippen LogP contribution in [0.4, 0.5) is 0 Å². The average molecular weight is 300 g/mol. The van der Waals surface area contributed by atoms with Gasteiger partial charge in [-0.1, -0.05) is 30.1 Å². The molecule has 0 saturated carbocycles. The molecule has 0 aliphatic carbocycles. The number of rotatable bonds is 6. The van der Waals surface area contributed by atoms with E-state index >= 15 is 0 Å². The van der Waals surface area contributed by atoms with Gasteiger partial charge in [-0.25, -0.2) is 0 Å². The SMILES string of the molecule is CCNCc1ccoc1COc1ccc(Cl)cc1Cl. The molecule has 0 radical (unpaired) electrons. The standard InChI is InChI=1S/C14H15Cl2NO2/c1-2-17-8-10-5-6-18-14(10)9-19-13-4-3-11(15)7-12(13)16/h3-7,17H,2,8-9H2,1H3. The number of nitrogens with one attached hydrogen (secondary N) is 1. The van der Waals surface area contributed by atoms with Crippen molar-refractivity contribution >= 4 is 23.2 Å². The van der Waals surface area contributed by atoms with Gasteiger partial charge in [0.05, 0.1) is 11.3 Å². The Bertz CT molecular complexity index is 540. The number of hydrogen-bond acceptors (Lipinski definition) is 3. The van der Waals surface area contributed by atoms with Gasteiger partial charge in [0.15, 0.2) is 0 Å². The highest BCUT2D eigenvalue weighted by Gasteiger charge is 2.08. The van der Waals surface area contributed by atoms with Crippen LogP contribution >= 0.6 is 23.2 Å². The van der Waals surface area contributed by atoms with Crippen molar-refractivity contribution in [3.8, 4) is 5.75 Å². The van der Waals surface area contributed by atoms with Crippen LogP contribution < -0.4 is 10.1 Å². The summed E-state index contributed by atoms with van der Waals surface area (Å²) in [5.41, 5.74) is 1.09. The molecule has 1 aromatic carbocycles. The van der Waals surface area contributed by atoms with Crippen LogP contribution in [-0.2, 0) is 13.2 Å². The molecule has 102 valence electrons. The molecular weight excluding hydrogens is 285 g/mol. The average Bonchev–Trinajstić information content (AvgIpc) is 2.83. The van der Waals surface area contributed by atoms with E-state index < -0.39 is 0 Å². The molecule has 2 rings (SSSR count). The van der Waals surface area contributed by atoms with E-state index in [0.717, 1.165) is 24.4 Å². The van der Waals surface area contributed by atoms with Crippen molar-refractivity contribution in [2.24, 2.45) is 0 Å². The molecular formula is C14H15Cl2NO2. The molecule has 0 spiro atoms. The predicted octanol–water partition coefficient (Wildman–Crippen LogP) is 4.27. The third kappa shape index (κ3) is 3.90. The van der Waals surface area contributed by atoms with Crippen molar-refractivity contribution in [3.05, 3.63) is 51.9 Å². The summed E-state index contributed by atoms with van der Waals surface area (Å²) < 4.78 is 11.1. The van der Waals surface area contributed by atoms with E-state index in [1.54, 1.807) is 24.5 Å². The summed E-state index contributed by atoms with van der Waals surface area (Å²) in [6.07, 6.45) is 1.66. The van der Waals surface area contributed by atoms with Crippen LogP contribution in [0.2, 0.25) is 10.0 Å². The van der Waals surface area contributed by atoms with Crippen LogP contribution in [0.15, 0.2) is 34.9 Å². The van der Waals surface area contributed by atoms with Crippen LogP contribution in [0.5, 0.6) is 5.75 Å². The van der Waals surface area contributed by atoms with Gasteiger partial charge in [0.25, 0.3) is 0 Å². The van der Waals surface area contributed by atoms with Gasteiger partial charge in [-0.05, 0) is 30.8 Å². The first-order valence-corrected chi connectivity index (χ1v) is 6.80. The number of hydrogen-bond donors (Lipinski definition) is 1. The Morgan fingerprint density at radius 2 is 2.11 bits per heavy atom. The van der Waals surface area contributed by atoms with Crippen molar-refractivity contribution < 1.29 is 9.15 Å². The molecule has 3 nitrogen and oxygen atoms in total. The summed E-state index contributed by atoms with van der Waals surface area (Å²) in [6.45, 7) is 4.08. The summed E-state index contributed by atoms with van der Waals surface area (Å²) >= 11 is 11.9. The second-order valence-corrected chi connectivity index (χ2v) is 4.86. The quantitative estimate of drug-likeness (QED) is 0.865. The lowest BCUT2D eigenvalue weighted by Gasteiger charge is -2.08. The van der Waals surface area contributed by atoms with Crippen LogP contribution in [0, 0.1) is 0 Å². The summed E-state index contributed by atoms with van der Waals surface area (Å²) in [4.78, 5) is 0. The third-order valence-electron chi connectivity index (χ3n) is 2.66. The van der Waals surface area contributed by atoms with Crippen LogP contribution in [0.1, 0.15) is 18.2 Å². The molecule has 0 atom stereocenters.